The first-order chi connectivity index (χ1) is 8.90. The quantitative estimate of drug-likeness (QED) is 0.402. The number of nitro benzene ring substituents is 1. The van der Waals surface area contributed by atoms with Crippen LogP contribution < -0.4 is 19.7 Å². The third-order valence-corrected chi connectivity index (χ3v) is 1.83. The van der Waals surface area contributed by atoms with Crippen molar-refractivity contribution in [2.45, 2.75) is 0 Å². The van der Waals surface area contributed by atoms with Gasteiger partial charge in [-0.05, 0) is 6.07 Å². The van der Waals surface area contributed by atoms with Crippen molar-refractivity contribution in [3.05, 3.63) is 28.3 Å². The molecule has 0 N–H and O–H groups in total. The van der Waals surface area contributed by atoms with Gasteiger partial charge in [0.25, 0.3) is 5.69 Å². The van der Waals surface area contributed by atoms with E-state index in [-0.39, 0.29) is 17.2 Å². The molecule has 0 unspecified atom stereocenters. The van der Waals surface area contributed by atoms with E-state index in [2.05, 4.69) is 0 Å². The molecule has 9 heteroatoms. The van der Waals surface area contributed by atoms with E-state index in [1.54, 1.807) is 0 Å². The fourth-order valence-electron chi connectivity index (χ4n) is 1.12. The van der Waals surface area contributed by atoms with Crippen molar-refractivity contribution < 1.29 is 34.2 Å². The molecule has 1 aromatic carbocycles. The van der Waals surface area contributed by atoms with Gasteiger partial charge in [0.2, 0.25) is 0 Å². The summed E-state index contributed by atoms with van der Waals surface area (Å²) in [5.41, 5.74) is -0.367. The standard InChI is InChI=1S/C10H9NO8/c12-9(13)4-18-7-2-1-6(11(16)17)3-8(7)19-5-10(14)15/h1-3H,4-5H2,(H,12,13)(H,14,15)/p-2. The summed E-state index contributed by atoms with van der Waals surface area (Å²) < 4.78 is 9.46. The van der Waals surface area contributed by atoms with Gasteiger partial charge in [-0.2, -0.15) is 0 Å². The minimum atomic E-state index is -1.54. The van der Waals surface area contributed by atoms with Crippen LogP contribution in [0.5, 0.6) is 11.5 Å². The minimum absolute atomic E-state index is 0.156. The lowest BCUT2D eigenvalue weighted by Crippen LogP contribution is -2.30. The molecule has 0 radical (unpaired) electrons. The summed E-state index contributed by atoms with van der Waals surface area (Å²) in [6, 6.07) is 3.05. The van der Waals surface area contributed by atoms with Crippen LogP contribution in [0.3, 0.4) is 0 Å². The molecule has 0 heterocycles. The second-order valence-electron chi connectivity index (χ2n) is 3.21. The Morgan fingerprint density at radius 3 is 2.05 bits per heavy atom. The Kier molecular flexibility index (Phi) is 4.63. The Bertz CT molecular complexity index is 512. The van der Waals surface area contributed by atoms with Crippen LogP contribution in [-0.2, 0) is 9.59 Å². The SMILES string of the molecule is O=C([O-])COc1ccc([N+](=O)[O-])cc1OCC(=O)[O-]. The average Bonchev–Trinajstić information content (AvgIpc) is 2.33. The molecule has 0 atom stereocenters. The summed E-state index contributed by atoms with van der Waals surface area (Å²) in [5, 5.41) is 31.0. The molecule has 0 aliphatic carbocycles. The van der Waals surface area contributed by atoms with Crippen molar-refractivity contribution in [3.63, 3.8) is 0 Å². The Morgan fingerprint density at radius 2 is 1.58 bits per heavy atom. The number of nitrogens with zero attached hydrogens (tertiary/aromatic N) is 1. The van der Waals surface area contributed by atoms with Gasteiger partial charge < -0.3 is 29.3 Å². The van der Waals surface area contributed by atoms with E-state index >= 15 is 0 Å². The predicted molar refractivity (Wildman–Crippen MR) is 54.1 cm³/mol. The molecule has 1 aromatic rings. The number of carboxylic acid groups (broad SMARTS) is 2. The Balaban J connectivity index is 2.96. The number of rotatable bonds is 7. The zero-order valence-corrected chi connectivity index (χ0v) is 9.36. The van der Waals surface area contributed by atoms with Gasteiger partial charge in [0, 0.05) is 6.07 Å². The highest BCUT2D eigenvalue weighted by Crippen LogP contribution is 2.31. The van der Waals surface area contributed by atoms with Gasteiger partial charge in [-0.1, -0.05) is 0 Å². The van der Waals surface area contributed by atoms with Crippen molar-refractivity contribution in [2.75, 3.05) is 13.2 Å². The number of carbonyl (C=O) groups is 2. The topological polar surface area (TPSA) is 142 Å². The van der Waals surface area contributed by atoms with Crippen LogP contribution in [0, 0.1) is 10.1 Å². The fourth-order valence-corrected chi connectivity index (χ4v) is 1.12. The maximum absolute atomic E-state index is 10.5. The highest BCUT2D eigenvalue weighted by molar-refractivity contribution is 5.67. The monoisotopic (exact) mass is 269 g/mol. The van der Waals surface area contributed by atoms with E-state index in [0.717, 1.165) is 18.2 Å². The normalized spacial score (nSPS) is 9.68. The molecule has 0 aliphatic heterocycles. The molecular formula is C10H7NO8-2. The van der Waals surface area contributed by atoms with E-state index < -0.39 is 30.1 Å². The van der Waals surface area contributed by atoms with Crippen LogP contribution in [0.1, 0.15) is 0 Å². The molecule has 102 valence electrons. The maximum Gasteiger partial charge on any atom is 0.273 e. The first-order valence-corrected chi connectivity index (χ1v) is 4.84. The van der Waals surface area contributed by atoms with Crippen LogP contribution in [0.15, 0.2) is 18.2 Å². The third-order valence-electron chi connectivity index (χ3n) is 1.83. The van der Waals surface area contributed by atoms with Crippen molar-refractivity contribution in [1.82, 2.24) is 0 Å². The largest absolute Gasteiger partial charge is 0.546 e. The van der Waals surface area contributed by atoms with Crippen molar-refractivity contribution >= 4 is 17.6 Å². The second kappa shape index (κ2) is 6.19. The molecule has 0 saturated carbocycles. The third kappa shape index (κ3) is 4.50. The highest BCUT2D eigenvalue weighted by Gasteiger charge is 2.13. The first-order valence-electron chi connectivity index (χ1n) is 4.84. The molecule has 0 amide bonds. The molecule has 0 aromatic heterocycles. The number of carbonyl (C=O) groups excluding carboxylic acids is 2. The molecule has 19 heavy (non-hydrogen) atoms. The van der Waals surface area contributed by atoms with Gasteiger partial charge in [0.15, 0.2) is 11.5 Å². The van der Waals surface area contributed by atoms with Crippen molar-refractivity contribution in [3.8, 4) is 11.5 Å². The summed E-state index contributed by atoms with van der Waals surface area (Å²) in [6.45, 7) is -1.66. The lowest BCUT2D eigenvalue weighted by molar-refractivity contribution is -0.385. The summed E-state index contributed by atoms with van der Waals surface area (Å²) in [7, 11) is 0. The highest BCUT2D eigenvalue weighted by atomic mass is 16.6. The number of carboxylic acids is 2. The molecule has 0 spiro atoms. The number of aliphatic carboxylic acids is 2. The van der Waals surface area contributed by atoms with E-state index in [9.17, 15) is 29.9 Å². The minimum Gasteiger partial charge on any atom is -0.546 e. The first kappa shape index (κ1) is 14.2. The maximum atomic E-state index is 10.5. The van der Waals surface area contributed by atoms with E-state index in [1.807, 2.05) is 0 Å². The summed E-state index contributed by atoms with van der Waals surface area (Å²) in [6.07, 6.45) is 0. The van der Waals surface area contributed by atoms with Gasteiger partial charge in [0.05, 0.1) is 22.9 Å². The number of hydrogen-bond donors (Lipinski definition) is 0. The molecule has 1 rings (SSSR count). The summed E-state index contributed by atoms with van der Waals surface area (Å²) in [5.74, 6) is -3.49. The zero-order chi connectivity index (χ0) is 14.4. The van der Waals surface area contributed by atoms with Gasteiger partial charge >= 0.3 is 0 Å². The number of benzene rings is 1. The summed E-state index contributed by atoms with van der Waals surface area (Å²) in [4.78, 5) is 30.3. The molecule has 9 nitrogen and oxygen atoms in total. The van der Waals surface area contributed by atoms with Crippen molar-refractivity contribution in [1.29, 1.82) is 0 Å². The van der Waals surface area contributed by atoms with Gasteiger partial charge in [-0.3, -0.25) is 10.1 Å². The van der Waals surface area contributed by atoms with Crippen molar-refractivity contribution in [2.24, 2.45) is 0 Å². The number of ether oxygens (including phenoxy) is 2. The Hall–Kier alpha value is -2.84. The molecule has 0 fully saturated rings. The predicted octanol–water partition coefficient (Wildman–Crippen LogP) is -2.15. The van der Waals surface area contributed by atoms with E-state index in [4.69, 9.17) is 9.47 Å². The van der Waals surface area contributed by atoms with Crippen LogP contribution in [0.25, 0.3) is 0 Å². The lowest BCUT2D eigenvalue weighted by Gasteiger charge is -2.13. The Morgan fingerprint density at radius 1 is 1.05 bits per heavy atom. The number of non-ortho nitro benzene ring substituents is 1. The molecular weight excluding hydrogens is 262 g/mol. The molecule has 0 aliphatic rings. The van der Waals surface area contributed by atoms with E-state index in [0.29, 0.717) is 0 Å². The average molecular weight is 269 g/mol. The Labute approximate surface area is 106 Å². The van der Waals surface area contributed by atoms with Crippen LogP contribution in [0.4, 0.5) is 5.69 Å². The lowest BCUT2D eigenvalue weighted by atomic mass is 10.3. The number of nitro groups is 1. The second-order valence-corrected chi connectivity index (χ2v) is 3.21. The van der Waals surface area contributed by atoms with E-state index in [1.165, 1.54) is 0 Å². The van der Waals surface area contributed by atoms with Gasteiger partial charge in [0.1, 0.15) is 13.2 Å². The molecule has 0 bridgehead atoms. The van der Waals surface area contributed by atoms with Gasteiger partial charge in [-0.25, -0.2) is 0 Å². The fraction of sp³-hybridized carbons (Fsp3) is 0.200. The van der Waals surface area contributed by atoms with Crippen LogP contribution >= 0.6 is 0 Å². The number of hydrogen-bond acceptors (Lipinski definition) is 8. The van der Waals surface area contributed by atoms with Crippen LogP contribution in [-0.4, -0.2) is 30.1 Å². The molecule has 0 saturated heterocycles. The zero-order valence-electron chi connectivity index (χ0n) is 9.36. The summed E-state index contributed by atoms with van der Waals surface area (Å²) >= 11 is 0. The smallest absolute Gasteiger partial charge is 0.273 e. The van der Waals surface area contributed by atoms with Gasteiger partial charge in [-0.15, -0.1) is 0 Å². The van der Waals surface area contributed by atoms with Crippen LogP contribution in [0.2, 0.25) is 0 Å².